The number of carbonyl (C=O) groups is 3. The Kier molecular flexibility index (Phi) is 7.73. The average Bonchev–Trinajstić information content (AvgIpc) is 3.29. The van der Waals surface area contributed by atoms with Crippen molar-refractivity contribution in [3.05, 3.63) is 89.5 Å². The number of hydrogen-bond acceptors (Lipinski definition) is 5. The summed E-state index contributed by atoms with van der Waals surface area (Å²) in [6.07, 6.45) is 8.00. The number of rotatable bonds is 7. The van der Waals surface area contributed by atoms with Crippen LogP contribution in [0.2, 0.25) is 5.02 Å². The summed E-state index contributed by atoms with van der Waals surface area (Å²) in [6, 6.07) is 15.1. The Balaban J connectivity index is 1.50. The number of para-hydroxylation sites is 1. The number of amides is 3. The first-order valence-corrected chi connectivity index (χ1v) is 15.4. The van der Waals surface area contributed by atoms with Gasteiger partial charge in [-0.3, -0.25) is 14.4 Å². The third-order valence-corrected chi connectivity index (χ3v) is 9.95. The molecule has 0 saturated carbocycles. The largest absolute Gasteiger partial charge is 0.394 e. The molecule has 0 aliphatic carbocycles. The summed E-state index contributed by atoms with van der Waals surface area (Å²) in [5.74, 6) is -2.84. The van der Waals surface area contributed by atoms with Gasteiger partial charge in [0, 0.05) is 19.6 Å². The molecule has 4 aliphatic heterocycles. The van der Waals surface area contributed by atoms with Crippen LogP contribution in [0.3, 0.4) is 0 Å². The van der Waals surface area contributed by atoms with E-state index in [0.29, 0.717) is 30.2 Å². The first kappa shape index (κ1) is 29.6. The molecule has 2 saturated heterocycles. The zero-order valence-corrected chi connectivity index (χ0v) is 25.5. The number of ether oxygens (including phenoxy) is 1. The van der Waals surface area contributed by atoms with Crippen LogP contribution in [0.25, 0.3) is 0 Å². The quantitative estimate of drug-likeness (QED) is 0.479. The molecule has 6 atom stereocenters. The van der Waals surface area contributed by atoms with Crippen LogP contribution >= 0.6 is 11.6 Å². The van der Waals surface area contributed by atoms with Crippen molar-refractivity contribution in [1.82, 2.24) is 9.80 Å². The number of likely N-dealkylation sites (tertiary alicyclic amines) is 1. The van der Waals surface area contributed by atoms with Crippen LogP contribution in [-0.2, 0) is 25.7 Å². The number of fused-ring (bicyclic) bond motifs is 2. The van der Waals surface area contributed by atoms with E-state index in [1.807, 2.05) is 81.5 Å². The fourth-order valence-electron chi connectivity index (χ4n) is 7.56. The third-order valence-electron chi connectivity index (χ3n) is 9.63. The average molecular weight is 604 g/mol. The molecule has 43 heavy (non-hydrogen) atoms. The maximum atomic E-state index is 14.8. The number of halogens is 1. The number of carbonyl (C=O) groups excluding carboxylic acids is 3. The van der Waals surface area contributed by atoms with Gasteiger partial charge in [-0.05, 0) is 30.0 Å². The van der Waals surface area contributed by atoms with Gasteiger partial charge in [-0.1, -0.05) is 99.1 Å². The molecule has 6 rings (SSSR count). The molecule has 0 radical (unpaired) electrons. The van der Waals surface area contributed by atoms with Crippen molar-refractivity contribution in [3.8, 4) is 0 Å². The summed E-state index contributed by atoms with van der Waals surface area (Å²) in [5, 5.41) is 11.0. The van der Waals surface area contributed by atoms with E-state index in [9.17, 15) is 19.5 Å². The maximum absolute atomic E-state index is 14.8. The number of nitrogens with zero attached hydrogens (tertiary/aromatic N) is 3. The Morgan fingerprint density at radius 3 is 2.30 bits per heavy atom. The smallest absolute Gasteiger partial charge is 0.253 e. The fraction of sp³-hybridized carbons (Fsp3) is 0.441. The molecule has 4 heterocycles. The van der Waals surface area contributed by atoms with Gasteiger partial charge in [-0.2, -0.15) is 0 Å². The number of anilines is 1. The van der Waals surface area contributed by atoms with Crippen LogP contribution in [0, 0.1) is 17.8 Å². The maximum Gasteiger partial charge on any atom is 0.253 e. The normalized spacial score (nSPS) is 30.8. The van der Waals surface area contributed by atoms with Crippen LogP contribution in [0.5, 0.6) is 0 Å². The van der Waals surface area contributed by atoms with E-state index in [2.05, 4.69) is 0 Å². The van der Waals surface area contributed by atoms with E-state index >= 15 is 0 Å². The first-order valence-electron chi connectivity index (χ1n) is 15.1. The molecule has 0 aromatic heterocycles. The van der Waals surface area contributed by atoms with Gasteiger partial charge in [-0.15, -0.1) is 0 Å². The van der Waals surface area contributed by atoms with Crippen LogP contribution in [-0.4, -0.2) is 75.6 Å². The second-order valence-electron chi connectivity index (χ2n) is 12.3. The highest BCUT2D eigenvalue weighted by Gasteiger charge is 2.76. The number of aliphatic hydroxyl groups excluding tert-OH is 1. The standard InChI is InChI=1S/C34H38ClN3O5/c1-4-33-16-10-18-36(20-23-12-6-5-7-13-23)30(40)27(33)28-31(41)38(26(21-39)22(2)3)29-32(42)37(19-11-17-34(28,29)43-33)25-15-9-8-14-24(25)35/h5-17,22,26-29,39H,4,18-21H2,1-3H3/t26-,27-,28-,29?,33+,34-/m0/s1. The minimum Gasteiger partial charge on any atom is -0.394 e. The molecule has 1 N–H and O–H groups in total. The van der Waals surface area contributed by atoms with Crippen molar-refractivity contribution in [2.24, 2.45) is 17.8 Å². The van der Waals surface area contributed by atoms with Crippen LogP contribution in [0.15, 0.2) is 78.9 Å². The Labute approximate surface area is 257 Å². The molecule has 2 aromatic rings. The second kappa shape index (κ2) is 11.2. The topological polar surface area (TPSA) is 90.4 Å². The molecule has 2 aromatic carbocycles. The number of hydrogen-bond donors (Lipinski definition) is 1. The molecule has 8 nitrogen and oxygen atoms in total. The van der Waals surface area contributed by atoms with Gasteiger partial charge in [-0.25, -0.2) is 0 Å². The summed E-state index contributed by atoms with van der Waals surface area (Å²) in [7, 11) is 0. The summed E-state index contributed by atoms with van der Waals surface area (Å²) in [4.78, 5) is 48.9. The van der Waals surface area contributed by atoms with Crippen molar-refractivity contribution in [2.75, 3.05) is 24.6 Å². The van der Waals surface area contributed by atoms with Gasteiger partial charge in [0.15, 0.2) is 0 Å². The molecule has 2 fully saturated rings. The van der Waals surface area contributed by atoms with Crippen molar-refractivity contribution >= 4 is 35.0 Å². The van der Waals surface area contributed by atoms with Crippen LogP contribution in [0.1, 0.15) is 32.8 Å². The Morgan fingerprint density at radius 2 is 1.63 bits per heavy atom. The SMILES string of the molecule is CC[C@@]12C=CCN(Cc3ccccc3)C(=O)[C@@H]1[C@H]1C(=O)N([C@@H](CO)C(C)C)C3C(=O)N(c4ccccc4Cl)CC=C[C@@]31O2. The number of aliphatic hydroxyl groups is 1. The summed E-state index contributed by atoms with van der Waals surface area (Å²) >= 11 is 6.57. The van der Waals surface area contributed by atoms with E-state index in [1.165, 1.54) is 4.90 Å². The molecule has 0 bridgehead atoms. The lowest BCUT2D eigenvalue weighted by Crippen LogP contribution is -2.60. The lowest BCUT2D eigenvalue weighted by atomic mass is 9.73. The lowest BCUT2D eigenvalue weighted by Gasteiger charge is -2.41. The second-order valence-corrected chi connectivity index (χ2v) is 12.7. The molecule has 4 aliphatic rings. The van der Waals surface area contributed by atoms with E-state index in [1.54, 1.807) is 28.0 Å². The minimum absolute atomic E-state index is 0.158. The van der Waals surface area contributed by atoms with Crippen molar-refractivity contribution in [1.29, 1.82) is 0 Å². The predicted octanol–water partition coefficient (Wildman–Crippen LogP) is 4.22. The highest BCUT2D eigenvalue weighted by Crippen LogP contribution is 2.59. The molecule has 9 heteroatoms. The number of benzene rings is 2. The minimum atomic E-state index is -1.41. The lowest BCUT2D eigenvalue weighted by molar-refractivity contribution is -0.153. The van der Waals surface area contributed by atoms with Gasteiger partial charge in [0.2, 0.25) is 11.8 Å². The monoisotopic (exact) mass is 603 g/mol. The fourth-order valence-corrected chi connectivity index (χ4v) is 7.80. The Bertz CT molecular complexity index is 1480. The van der Waals surface area contributed by atoms with Crippen molar-refractivity contribution in [3.63, 3.8) is 0 Å². The zero-order chi connectivity index (χ0) is 30.5. The van der Waals surface area contributed by atoms with Crippen LogP contribution < -0.4 is 4.90 Å². The van der Waals surface area contributed by atoms with E-state index < -0.39 is 35.1 Å². The molecular weight excluding hydrogens is 566 g/mol. The Morgan fingerprint density at radius 1 is 0.930 bits per heavy atom. The molecule has 1 spiro atoms. The van der Waals surface area contributed by atoms with Gasteiger partial charge < -0.3 is 24.5 Å². The predicted molar refractivity (Wildman–Crippen MR) is 164 cm³/mol. The van der Waals surface area contributed by atoms with Crippen LogP contribution in [0.4, 0.5) is 5.69 Å². The summed E-state index contributed by atoms with van der Waals surface area (Å²) < 4.78 is 7.06. The van der Waals surface area contributed by atoms with Gasteiger partial charge in [0.25, 0.3) is 5.91 Å². The third kappa shape index (κ3) is 4.53. The van der Waals surface area contributed by atoms with E-state index in [-0.39, 0.29) is 36.8 Å². The van der Waals surface area contributed by atoms with Crippen molar-refractivity contribution < 1.29 is 24.2 Å². The summed E-state index contributed by atoms with van der Waals surface area (Å²) in [5.41, 5.74) is -0.981. The summed E-state index contributed by atoms with van der Waals surface area (Å²) in [6.45, 7) is 6.45. The highest BCUT2D eigenvalue weighted by atomic mass is 35.5. The zero-order valence-electron chi connectivity index (χ0n) is 24.7. The van der Waals surface area contributed by atoms with Gasteiger partial charge in [0.1, 0.15) is 11.6 Å². The van der Waals surface area contributed by atoms with Crippen molar-refractivity contribution in [2.45, 2.75) is 57.0 Å². The first-order chi connectivity index (χ1) is 20.7. The molecular formula is C34H38ClN3O5. The molecule has 1 unspecified atom stereocenters. The van der Waals surface area contributed by atoms with Gasteiger partial charge in [0.05, 0.1) is 40.8 Å². The van der Waals surface area contributed by atoms with E-state index in [0.717, 1.165) is 5.56 Å². The highest BCUT2D eigenvalue weighted by molar-refractivity contribution is 6.34. The van der Waals surface area contributed by atoms with Gasteiger partial charge >= 0.3 is 0 Å². The Hall–Kier alpha value is -3.46. The molecule has 3 amide bonds. The molecule has 226 valence electrons. The van der Waals surface area contributed by atoms with E-state index in [4.69, 9.17) is 16.3 Å².